The molecule has 0 unspecified atom stereocenters. The zero-order valence-corrected chi connectivity index (χ0v) is 8.30. The number of benzene rings is 1. The molecule has 1 heterocycles. The van der Waals surface area contributed by atoms with Crippen molar-refractivity contribution in [2.45, 2.75) is 0 Å². The number of thiazole rings is 1. The summed E-state index contributed by atoms with van der Waals surface area (Å²) in [6.07, 6.45) is 0. The molecule has 3 nitrogen and oxygen atoms in total. The van der Waals surface area contributed by atoms with Crippen LogP contribution in [0.15, 0.2) is 18.2 Å². The van der Waals surface area contributed by atoms with E-state index in [1.807, 2.05) is 25.1 Å². The molecule has 0 aliphatic heterocycles. The Morgan fingerprint density at radius 2 is 2.15 bits per heavy atom. The summed E-state index contributed by atoms with van der Waals surface area (Å²) in [5.41, 5.74) is 0.855. The van der Waals surface area contributed by atoms with Crippen LogP contribution in [0.3, 0.4) is 0 Å². The predicted octanol–water partition coefficient (Wildman–Crippen LogP) is 2.07. The Morgan fingerprint density at radius 3 is 2.85 bits per heavy atom. The van der Waals surface area contributed by atoms with Crippen molar-refractivity contribution in [2.75, 3.05) is 19.0 Å². The molecule has 2 rings (SSSR count). The Balaban J connectivity index is 2.62. The minimum atomic E-state index is 0.267. The van der Waals surface area contributed by atoms with Crippen LogP contribution in [0.5, 0.6) is 5.75 Å². The van der Waals surface area contributed by atoms with Crippen LogP contribution in [0.1, 0.15) is 0 Å². The number of hydrogen-bond donors (Lipinski definition) is 1. The van der Waals surface area contributed by atoms with E-state index in [-0.39, 0.29) is 5.75 Å². The molecule has 0 atom stereocenters. The number of aromatic hydroxyl groups is 1. The average molecular weight is 194 g/mol. The van der Waals surface area contributed by atoms with Gasteiger partial charge in [0.1, 0.15) is 5.75 Å². The minimum absolute atomic E-state index is 0.267. The Bertz CT molecular complexity index is 436. The summed E-state index contributed by atoms with van der Waals surface area (Å²) in [6, 6.07) is 5.24. The number of phenolic OH excluding ortho intramolecular Hbond substituents is 1. The molecule has 0 bridgehead atoms. The molecule has 2 aromatic rings. The molecular formula is C9H10N2OS. The van der Waals surface area contributed by atoms with Crippen molar-refractivity contribution >= 4 is 26.7 Å². The van der Waals surface area contributed by atoms with E-state index in [1.54, 1.807) is 23.5 Å². The van der Waals surface area contributed by atoms with Crippen molar-refractivity contribution in [3.63, 3.8) is 0 Å². The fourth-order valence-corrected chi connectivity index (χ4v) is 1.96. The average Bonchev–Trinajstić information content (AvgIpc) is 2.46. The molecule has 1 aromatic heterocycles. The van der Waals surface area contributed by atoms with Crippen LogP contribution in [-0.4, -0.2) is 24.2 Å². The van der Waals surface area contributed by atoms with E-state index < -0.39 is 0 Å². The Labute approximate surface area is 80.3 Å². The summed E-state index contributed by atoms with van der Waals surface area (Å²) in [6.45, 7) is 0. The van der Waals surface area contributed by atoms with Gasteiger partial charge in [-0.3, -0.25) is 0 Å². The lowest BCUT2D eigenvalue weighted by Crippen LogP contribution is -2.07. The van der Waals surface area contributed by atoms with Gasteiger partial charge < -0.3 is 10.0 Å². The molecule has 1 N–H and O–H groups in total. The van der Waals surface area contributed by atoms with Crippen molar-refractivity contribution in [3.8, 4) is 5.75 Å². The highest BCUT2D eigenvalue weighted by Crippen LogP contribution is 2.29. The van der Waals surface area contributed by atoms with Crippen LogP contribution in [0.4, 0.5) is 5.13 Å². The normalized spacial score (nSPS) is 10.6. The molecule has 0 aliphatic carbocycles. The number of nitrogens with zero attached hydrogens (tertiary/aromatic N) is 2. The van der Waals surface area contributed by atoms with Gasteiger partial charge in [0.05, 0.1) is 10.2 Å². The van der Waals surface area contributed by atoms with Gasteiger partial charge in [-0.25, -0.2) is 4.98 Å². The molecule has 68 valence electrons. The zero-order chi connectivity index (χ0) is 9.42. The maximum atomic E-state index is 9.23. The standard InChI is InChI=1S/C9H10N2OS/c1-11(2)9-10-7-5-6(12)3-4-8(7)13-9/h3-5,12H,1-2H3. The van der Waals surface area contributed by atoms with Gasteiger partial charge in [0.25, 0.3) is 0 Å². The van der Waals surface area contributed by atoms with E-state index in [1.165, 1.54) is 0 Å². The third-order valence-electron chi connectivity index (χ3n) is 1.74. The van der Waals surface area contributed by atoms with Crippen molar-refractivity contribution in [3.05, 3.63) is 18.2 Å². The number of rotatable bonds is 1. The minimum Gasteiger partial charge on any atom is -0.508 e. The monoisotopic (exact) mass is 194 g/mol. The van der Waals surface area contributed by atoms with E-state index in [9.17, 15) is 5.11 Å². The first kappa shape index (κ1) is 8.31. The highest BCUT2D eigenvalue weighted by Gasteiger charge is 2.04. The van der Waals surface area contributed by atoms with Crippen LogP contribution < -0.4 is 4.90 Å². The van der Waals surface area contributed by atoms with Gasteiger partial charge in [0, 0.05) is 20.2 Å². The number of anilines is 1. The molecule has 0 saturated heterocycles. The highest BCUT2D eigenvalue weighted by molar-refractivity contribution is 7.22. The van der Waals surface area contributed by atoms with E-state index >= 15 is 0 Å². The Hall–Kier alpha value is -1.29. The van der Waals surface area contributed by atoms with Gasteiger partial charge in [-0.1, -0.05) is 11.3 Å². The summed E-state index contributed by atoms with van der Waals surface area (Å²) in [5.74, 6) is 0.267. The van der Waals surface area contributed by atoms with Crippen LogP contribution >= 0.6 is 11.3 Å². The lowest BCUT2D eigenvalue weighted by atomic mass is 10.3. The van der Waals surface area contributed by atoms with Gasteiger partial charge >= 0.3 is 0 Å². The topological polar surface area (TPSA) is 36.4 Å². The largest absolute Gasteiger partial charge is 0.508 e. The maximum absolute atomic E-state index is 9.23. The second-order valence-corrected chi connectivity index (χ2v) is 4.05. The summed E-state index contributed by atoms with van der Waals surface area (Å²) in [7, 11) is 3.91. The summed E-state index contributed by atoms with van der Waals surface area (Å²) < 4.78 is 1.10. The summed E-state index contributed by atoms with van der Waals surface area (Å²) in [5, 5.41) is 10.2. The predicted molar refractivity (Wildman–Crippen MR) is 55.6 cm³/mol. The third kappa shape index (κ3) is 1.45. The van der Waals surface area contributed by atoms with Crippen LogP contribution in [-0.2, 0) is 0 Å². The molecule has 0 spiro atoms. The molecule has 0 radical (unpaired) electrons. The van der Waals surface area contributed by atoms with Crippen LogP contribution in [0.25, 0.3) is 10.2 Å². The van der Waals surface area contributed by atoms with Gasteiger partial charge in [0.15, 0.2) is 5.13 Å². The van der Waals surface area contributed by atoms with Gasteiger partial charge in [-0.05, 0) is 12.1 Å². The van der Waals surface area contributed by atoms with Crippen molar-refractivity contribution < 1.29 is 5.11 Å². The number of phenols is 1. The second kappa shape index (κ2) is 2.88. The molecule has 0 fully saturated rings. The number of fused-ring (bicyclic) bond motifs is 1. The highest BCUT2D eigenvalue weighted by atomic mass is 32.1. The number of hydrogen-bond acceptors (Lipinski definition) is 4. The van der Waals surface area contributed by atoms with Gasteiger partial charge in [-0.15, -0.1) is 0 Å². The Kier molecular flexibility index (Phi) is 1.84. The Morgan fingerprint density at radius 1 is 1.38 bits per heavy atom. The fraction of sp³-hybridized carbons (Fsp3) is 0.222. The lowest BCUT2D eigenvalue weighted by Gasteiger charge is -2.04. The summed E-state index contributed by atoms with van der Waals surface area (Å²) >= 11 is 1.62. The first-order valence-corrected chi connectivity index (χ1v) is 4.75. The first-order valence-electron chi connectivity index (χ1n) is 3.94. The molecule has 13 heavy (non-hydrogen) atoms. The van der Waals surface area contributed by atoms with E-state index in [0.29, 0.717) is 0 Å². The van der Waals surface area contributed by atoms with E-state index in [0.717, 1.165) is 15.3 Å². The van der Waals surface area contributed by atoms with Crippen molar-refractivity contribution in [2.24, 2.45) is 0 Å². The third-order valence-corrected chi connectivity index (χ3v) is 2.95. The summed E-state index contributed by atoms with van der Waals surface area (Å²) in [4.78, 5) is 6.32. The fourth-order valence-electron chi connectivity index (χ4n) is 1.09. The quantitative estimate of drug-likeness (QED) is 0.755. The molecule has 0 aliphatic rings. The maximum Gasteiger partial charge on any atom is 0.185 e. The van der Waals surface area contributed by atoms with Crippen LogP contribution in [0, 0.1) is 0 Å². The van der Waals surface area contributed by atoms with Crippen molar-refractivity contribution in [1.29, 1.82) is 0 Å². The van der Waals surface area contributed by atoms with Gasteiger partial charge in [0.2, 0.25) is 0 Å². The van der Waals surface area contributed by atoms with E-state index in [2.05, 4.69) is 4.98 Å². The molecule has 4 heteroatoms. The zero-order valence-electron chi connectivity index (χ0n) is 7.48. The second-order valence-electron chi connectivity index (χ2n) is 3.04. The van der Waals surface area contributed by atoms with Crippen molar-refractivity contribution in [1.82, 2.24) is 4.98 Å². The molecule has 1 aromatic carbocycles. The first-order chi connectivity index (χ1) is 6.16. The molecule has 0 amide bonds. The van der Waals surface area contributed by atoms with Crippen LogP contribution in [0.2, 0.25) is 0 Å². The van der Waals surface area contributed by atoms with Gasteiger partial charge in [-0.2, -0.15) is 0 Å². The molecular weight excluding hydrogens is 184 g/mol. The SMILES string of the molecule is CN(C)c1nc2cc(O)ccc2s1. The molecule has 0 saturated carbocycles. The number of aromatic nitrogens is 1. The smallest absolute Gasteiger partial charge is 0.185 e. The van der Waals surface area contributed by atoms with E-state index in [4.69, 9.17) is 0 Å². The lowest BCUT2D eigenvalue weighted by molar-refractivity contribution is 0.476.